The minimum Gasteiger partial charge on any atom is -0.451 e. The number of rotatable bonds is 4. The Labute approximate surface area is 122 Å². The maximum absolute atomic E-state index is 12.6. The number of hydrogen-bond donors (Lipinski definition) is 0. The third kappa shape index (κ3) is 2.56. The summed E-state index contributed by atoms with van der Waals surface area (Å²) in [6.07, 6.45) is 5.15. The van der Waals surface area contributed by atoms with Gasteiger partial charge >= 0.3 is 0 Å². The number of aromatic nitrogens is 3. The molecule has 0 N–H and O–H groups in total. The van der Waals surface area contributed by atoms with Crippen LogP contribution in [0.5, 0.6) is 0 Å². The van der Waals surface area contributed by atoms with Crippen molar-refractivity contribution in [2.45, 2.75) is 25.9 Å². The summed E-state index contributed by atoms with van der Waals surface area (Å²) in [5.41, 5.74) is 2.40. The highest BCUT2D eigenvalue weighted by molar-refractivity contribution is 5.92. The van der Waals surface area contributed by atoms with E-state index in [0.29, 0.717) is 25.5 Å². The van der Waals surface area contributed by atoms with Crippen LogP contribution in [0.4, 0.5) is 0 Å². The van der Waals surface area contributed by atoms with Crippen LogP contribution in [0.1, 0.15) is 28.8 Å². The van der Waals surface area contributed by atoms with Crippen molar-refractivity contribution in [2.75, 3.05) is 13.2 Å². The van der Waals surface area contributed by atoms with Gasteiger partial charge in [-0.05, 0) is 6.92 Å². The maximum Gasteiger partial charge on any atom is 0.276 e. The van der Waals surface area contributed by atoms with Gasteiger partial charge in [0.1, 0.15) is 6.26 Å². The fourth-order valence-corrected chi connectivity index (χ4v) is 2.63. The molecule has 0 saturated carbocycles. The van der Waals surface area contributed by atoms with Gasteiger partial charge < -0.3 is 18.6 Å². The number of hydrogen-bond acceptors (Lipinski definition) is 5. The molecular weight excluding hydrogens is 272 g/mol. The molecule has 21 heavy (non-hydrogen) atoms. The second-order valence-corrected chi connectivity index (χ2v) is 5.07. The van der Waals surface area contributed by atoms with Crippen molar-refractivity contribution in [3.63, 3.8) is 0 Å². The zero-order chi connectivity index (χ0) is 14.8. The highest BCUT2D eigenvalue weighted by Crippen LogP contribution is 2.24. The first-order chi connectivity index (χ1) is 10.2. The van der Waals surface area contributed by atoms with Crippen molar-refractivity contribution in [3.8, 4) is 0 Å². The molecule has 1 aliphatic rings. The van der Waals surface area contributed by atoms with Gasteiger partial charge in [-0.25, -0.2) is 9.97 Å². The number of nitrogens with zero attached hydrogens (tertiary/aromatic N) is 4. The van der Waals surface area contributed by atoms with E-state index in [1.54, 1.807) is 11.2 Å². The van der Waals surface area contributed by atoms with Gasteiger partial charge in [0.25, 0.3) is 5.91 Å². The van der Waals surface area contributed by atoms with Crippen molar-refractivity contribution in [1.29, 1.82) is 0 Å². The zero-order valence-electron chi connectivity index (χ0n) is 12.2. The fourth-order valence-electron chi connectivity index (χ4n) is 2.63. The number of carbonyl (C=O) groups excluding carboxylic acids is 1. The van der Waals surface area contributed by atoms with Gasteiger partial charge in [0.15, 0.2) is 12.1 Å². The summed E-state index contributed by atoms with van der Waals surface area (Å²) in [5, 5.41) is 0. The van der Waals surface area contributed by atoms with Crippen LogP contribution in [-0.4, -0.2) is 44.6 Å². The largest absolute Gasteiger partial charge is 0.451 e. The van der Waals surface area contributed by atoms with Crippen LogP contribution in [0.15, 0.2) is 23.4 Å². The van der Waals surface area contributed by atoms with Gasteiger partial charge in [0, 0.05) is 25.8 Å². The number of carbonyl (C=O) groups is 1. The topological polar surface area (TPSA) is 73.4 Å². The fraction of sp³-hybridized carbons (Fsp3) is 0.500. The van der Waals surface area contributed by atoms with E-state index in [4.69, 9.17) is 9.15 Å². The van der Waals surface area contributed by atoms with E-state index in [1.807, 2.05) is 18.5 Å². The highest BCUT2D eigenvalue weighted by Gasteiger charge is 2.33. The van der Waals surface area contributed by atoms with E-state index in [2.05, 4.69) is 9.97 Å². The smallest absolute Gasteiger partial charge is 0.276 e. The minimum atomic E-state index is -0.148. The molecule has 3 rings (SSSR count). The average molecular weight is 290 g/mol. The van der Waals surface area contributed by atoms with Gasteiger partial charge in [0.05, 0.1) is 31.2 Å². The SMILES string of the molecule is CCOC[C@H]1Cc2c(ncn2C)CN1C(=O)c1cocn1. The third-order valence-corrected chi connectivity index (χ3v) is 3.76. The molecule has 3 heterocycles. The van der Waals surface area contributed by atoms with E-state index in [9.17, 15) is 4.79 Å². The summed E-state index contributed by atoms with van der Waals surface area (Å²) >= 11 is 0. The number of amides is 1. The summed E-state index contributed by atoms with van der Waals surface area (Å²) in [6, 6.07) is -0.0166. The van der Waals surface area contributed by atoms with Crippen LogP contribution in [0.25, 0.3) is 0 Å². The van der Waals surface area contributed by atoms with Crippen molar-refractivity contribution in [1.82, 2.24) is 19.4 Å². The molecule has 0 unspecified atom stereocenters. The first kappa shape index (κ1) is 13.8. The summed E-state index contributed by atoms with van der Waals surface area (Å²) in [5.74, 6) is -0.148. The Bertz CT molecular complexity index is 620. The van der Waals surface area contributed by atoms with E-state index >= 15 is 0 Å². The lowest BCUT2D eigenvalue weighted by Crippen LogP contribution is -2.47. The molecule has 2 aromatic rings. The van der Waals surface area contributed by atoms with Crippen LogP contribution in [0, 0.1) is 0 Å². The first-order valence-corrected chi connectivity index (χ1v) is 6.96. The lowest BCUT2D eigenvalue weighted by Gasteiger charge is -2.34. The Kier molecular flexibility index (Phi) is 3.74. The summed E-state index contributed by atoms with van der Waals surface area (Å²) in [6.45, 7) is 3.55. The molecule has 0 aromatic carbocycles. The average Bonchev–Trinajstić information content (AvgIpc) is 3.14. The Morgan fingerprint density at radius 3 is 3.10 bits per heavy atom. The number of oxazole rings is 1. The second-order valence-electron chi connectivity index (χ2n) is 5.07. The Morgan fingerprint density at radius 1 is 1.52 bits per heavy atom. The molecule has 7 nitrogen and oxygen atoms in total. The Morgan fingerprint density at radius 2 is 2.38 bits per heavy atom. The molecule has 2 aromatic heterocycles. The molecule has 0 bridgehead atoms. The maximum atomic E-state index is 12.6. The summed E-state index contributed by atoms with van der Waals surface area (Å²) < 4.78 is 12.4. The monoisotopic (exact) mass is 290 g/mol. The van der Waals surface area contributed by atoms with Gasteiger partial charge in [0.2, 0.25) is 0 Å². The Hall–Kier alpha value is -2.15. The predicted octanol–water partition coefficient (Wildman–Crippen LogP) is 1.01. The third-order valence-electron chi connectivity index (χ3n) is 3.76. The molecule has 0 radical (unpaired) electrons. The van der Waals surface area contributed by atoms with E-state index < -0.39 is 0 Å². The van der Waals surface area contributed by atoms with Crippen LogP contribution in [0.3, 0.4) is 0 Å². The van der Waals surface area contributed by atoms with Crippen molar-refractivity contribution < 1.29 is 13.9 Å². The van der Waals surface area contributed by atoms with E-state index in [0.717, 1.165) is 17.8 Å². The number of fused-ring (bicyclic) bond motifs is 1. The normalized spacial score (nSPS) is 17.8. The van der Waals surface area contributed by atoms with Crippen LogP contribution < -0.4 is 0 Å². The van der Waals surface area contributed by atoms with Gasteiger partial charge in [-0.15, -0.1) is 0 Å². The number of aryl methyl sites for hydroxylation is 1. The summed E-state index contributed by atoms with van der Waals surface area (Å²) in [4.78, 5) is 22.6. The molecule has 0 aliphatic carbocycles. The van der Waals surface area contributed by atoms with Crippen molar-refractivity contribution in [2.24, 2.45) is 7.05 Å². The predicted molar refractivity (Wildman–Crippen MR) is 73.6 cm³/mol. The second kappa shape index (κ2) is 5.69. The quantitative estimate of drug-likeness (QED) is 0.840. The molecule has 112 valence electrons. The number of ether oxygens (including phenoxy) is 1. The van der Waals surface area contributed by atoms with Crippen LogP contribution in [-0.2, 0) is 24.8 Å². The molecule has 0 spiro atoms. The van der Waals surface area contributed by atoms with Gasteiger partial charge in [-0.3, -0.25) is 4.79 Å². The summed E-state index contributed by atoms with van der Waals surface area (Å²) in [7, 11) is 1.97. The first-order valence-electron chi connectivity index (χ1n) is 6.96. The van der Waals surface area contributed by atoms with Gasteiger partial charge in [-0.2, -0.15) is 0 Å². The van der Waals surface area contributed by atoms with Crippen molar-refractivity contribution in [3.05, 3.63) is 36.1 Å². The lowest BCUT2D eigenvalue weighted by molar-refractivity contribution is 0.0382. The molecule has 7 heteroatoms. The van der Waals surface area contributed by atoms with Crippen molar-refractivity contribution >= 4 is 5.91 Å². The molecule has 1 aliphatic heterocycles. The van der Waals surface area contributed by atoms with Gasteiger partial charge in [-0.1, -0.05) is 0 Å². The molecular formula is C14H18N4O3. The highest BCUT2D eigenvalue weighted by atomic mass is 16.5. The molecule has 0 saturated heterocycles. The molecule has 0 fully saturated rings. The van der Waals surface area contributed by atoms with E-state index in [-0.39, 0.29) is 11.9 Å². The standard InChI is InChI=1S/C14H18N4O3/c1-3-20-6-10-4-13-11(15-8-17(13)2)5-18(10)14(19)12-7-21-9-16-12/h7-10H,3-6H2,1-2H3/t10-/m1/s1. The van der Waals surface area contributed by atoms with Crippen LogP contribution >= 0.6 is 0 Å². The molecule has 1 atom stereocenters. The Balaban J connectivity index is 1.87. The minimum absolute atomic E-state index is 0.0166. The number of imidazole rings is 1. The lowest BCUT2D eigenvalue weighted by atomic mass is 10.0. The van der Waals surface area contributed by atoms with E-state index in [1.165, 1.54) is 12.7 Å². The molecule has 1 amide bonds. The zero-order valence-corrected chi connectivity index (χ0v) is 12.2. The van der Waals surface area contributed by atoms with Crippen LogP contribution in [0.2, 0.25) is 0 Å².